The topological polar surface area (TPSA) is 58.9 Å². The second kappa shape index (κ2) is 3.10. The van der Waals surface area contributed by atoms with Crippen LogP contribution >= 0.6 is 11.6 Å². The number of rotatable bonds is 1. The molecule has 12 heavy (non-hydrogen) atoms. The summed E-state index contributed by atoms with van der Waals surface area (Å²) in [5.74, 6) is 0. The lowest BCUT2D eigenvalue weighted by atomic mass is 10.2. The number of hydrogen-bond donors (Lipinski definition) is 2. The maximum Gasteiger partial charge on any atom is 0.270 e. The number of alkyl halides is 2. The SMILES string of the molecule is Nc1c[nH]c(Cl)c(C(F)F)c1=O. The Labute approximate surface area is 71.2 Å². The Morgan fingerprint density at radius 2 is 2.17 bits per heavy atom. The molecule has 1 heterocycles. The minimum Gasteiger partial charge on any atom is -0.394 e. The maximum atomic E-state index is 12.1. The van der Waals surface area contributed by atoms with Crippen molar-refractivity contribution in [3.63, 3.8) is 0 Å². The first kappa shape index (κ1) is 8.99. The van der Waals surface area contributed by atoms with Gasteiger partial charge in [0.2, 0.25) is 5.43 Å². The van der Waals surface area contributed by atoms with Crippen LogP contribution in [0.2, 0.25) is 5.15 Å². The summed E-state index contributed by atoms with van der Waals surface area (Å²) < 4.78 is 24.2. The predicted molar refractivity (Wildman–Crippen MR) is 41.4 cm³/mol. The average Bonchev–Trinajstić information content (AvgIpc) is 1.97. The van der Waals surface area contributed by atoms with E-state index in [1.165, 1.54) is 0 Å². The molecule has 0 aliphatic carbocycles. The summed E-state index contributed by atoms with van der Waals surface area (Å²) in [6, 6.07) is 0. The molecule has 0 aliphatic heterocycles. The van der Waals surface area contributed by atoms with Crippen LogP contribution in [0.3, 0.4) is 0 Å². The lowest BCUT2D eigenvalue weighted by Crippen LogP contribution is -2.15. The van der Waals surface area contributed by atoms with Gasteiger partial charge in [-0.15, -0.1) is 0 Å². The van der Waals surface area contributed by atoms with Gasteiger partial charge in [-0.1, -0.05) is 11.6 Å². The number of pyridine rings is 1. The molecule has 3 nitrogen and oxygen atoms in total. The molecular weight excluding hydrogens is 190 g/mol. The Bertz CT molecular complexity index is 350. The molecule has 0 amide bonds. The van der Waals surface area contributed by atoms with Gasteiger partial charge >= 0.3 is 0 Å². The molecule has 1 rings (SSSR count). The van der Waals surface area contributed by atoms with Crippen LogP contribution in [0.1, 0.15) is 12.0 Å². The molecule has 0 atom stereocenters. The fraction of sp³-hybridized carbons (Fsp3) is 0.167. The number of nitrogens with one attached hydrogen (secondary N) is 1. The molecule has 0 spiro atoms. The molecule has 6 heteroatoms. The summed E-state index contributed by atoms with van der Waals surface area (Å²) in [4.78, 5) is 13.2. The fourth-order valence-electron chi connectivity index (χ4n) is 0.734. The van der Waals surface area contributed by atoms with Crippen LogP contribution in [-0.2, 0) is 0 Å². The van der Waals surface area contributed by atoms with E-state index in [0.717, 1.165) is 6.20 Å². The molecular formula is C6H5ClF2N2O. The predicted octanol–water partition coefficient (Wildman–Crippen LogP) is 1.55. The minimum atomic E-state index is -2.91. The van der Waals surface area contributed by atoms with Crippen molar-refractivity contribution in [2.45, 2.75) is 6.43 Å². The highest BCUT2D eigenvalue weighted by Crippen LogP contribution is 2.22. The summed E-state index contributed by atoms with van der Waals surface area (Å²) in [6.45, 7) is 0. The summed E-state index contributed by atoms with van der Waals surface area (Å²) in [5, 5.41) is -0.371. The highest BCUT2D eigenvalue weighted by Gasteiger charge is 2.17. The van der Waals surface area contributed by atoms with E-state index in [0.29, 0.717) is 0 Å². The molecule has 0 radical (unpaired) electrons. The van der Waals surface area contributed by atoms with Crippen molar-refractivity contribution in [2.75, 3.05) is 5.73 Å². The second-order valence-electron chi connectivity index (χ2n) is 2.10. The van der Waals surface area contributed by atoms with Gasteiger partial charge in [0.25, 0.3) is 6.43 Å². The van der Waals surface area contributed by atoms with Gasteiger partial charge in [-0.2, -0.15) is 0 Å². The molecule has 0 saturated heterocycles. The quantitative estimate of drug-likeness (QED) is 0.667. The minimum absolute atomic E-state index is 0.269. The molecule has 0 aliphatic rings. The zero-order valence-corrected chi connectivity index (χ0v) is 6.53. The van der Waals surface area contributed by atoms with E-state index < -0.39 is 17.4 Å². The zero-order valence-electron chi connectivity index (χ0n) is 5.77. The van der Waals surface area contributed by atoms with Crippen molar-refractivity contribution in [3.05, 3.63) is 27.1 Å². The number of aromatic amines is 1. The summed E-state index contributed by atoms with van der Waals surface area (Å²) in [7, 11) is 0. The molecule has 66 valence electrons. The number of anilines is 1. The van der Waals surface area contributed by atoms with Crippen LogP contribution in [-0.4, -0.2) is 4.98 Å². The van der Waals surface area contributed by atoms with E-state index in [-0.39, 0.29) is 10.8 Å². The second-order valence-corrected chi connectivity index (χ2v) is 2.48. The van der Waals surface area contributed by atoms with Crippen molar-refractivity contribution < 1.29 is 8.78 Å². The van der Waals surface area contributed by atoms with Crippen molar-refractivity contribution in [3.8, 4) is 0 Å². The number of H-pyrrole nitrogens is 1. The van der Waals surface area contributed by atoms with Crippen LogP contribution in [0.4, 0.5) is 14.5 Å². The molecule has 0 saturated carbocycles. The Morgan fingerprint density at radius 3 is 2.58 bits per heavy atom. The molecule has 0 bridgehead atoms. The highest BCUT2D eigenvalue weighted by atomic mass is 35.5. The Kier molecular flexibility index (Phi) is 2.32. The van der Waals surface area contributed by atoms with Gasteiger partial charge < -0.3 is 10.7 Å². The summed E-state index contributed by atoms with van der Waals surface area (Å²) in [5.41, 5.74) is 3.12. The van der Waals surface area contributed by atoms with Crippen LogP contribution in [0.15, 0.2) is 11.0 Å². The largest absolute Gasteiger partial charge is 0.394 e. The van der Waals surface area contributed by atoms with Crippen LogP contribution in [0, 0.1) is 0 Å². The zero-order chi connectivity index (χ0) is 9.30. The summed E-state index contributed by atoms with van der Waals surface area (Å²) >= 11 is 5.31. The standard InChI is InChI=1S/C6H5ClF2N2O/c7-5-3(6(8)9)4(12)2(10)1-11-5/h1,6H,10H2,(H,11,12). The number of nitrogen functional groups attached to an aromatic ring is 1. The smallest absolute Gasteiger partial charge is 0.270 e. The third-order valence-electron chi connectivity index (χ3n) is 1.32. The number of aromatic nitrogens is 1. The molecule has 0 aromatic carbocycles. The van der Waals surface area contributed by atoms with Gasteiger partial charge in [-0.25, -0.2) is 8.78 Å². The van der Waals surface area contributed by atoms with Crippen molar-refractivity contribution in [1.82, 2.24) is 4.98 Å². The van der Waals surface area contributed by atoms with Crippen molar-refractivity contribution in [1.29, 1.82) is 0 Å². The van der Waals surface area contributed by atoms with E-state index in [1.54, 1.807) is 0 Å². The van der Waals surface area contributed by atoms with E-state index in [2.05, 4.69) is 4.98 Å². The van der Waals surface area contributed by atoms with Gasteiger partial charge in [-0.05, 0) is 0 Å². The van der Waals surface area contributed by atoms with E-state index in [9.17, 15) is 13.6 Å². The third-order valence-corrected chi connectivity index (χ3v) is 1.63. The molecule has 0 fully saturated rings. The van der Waals surface area contributed by atoms with Crippen LogP contribution in [0.5, 0.6) is 0 Å². The Hall–Kier alpha value is -1.10. The normalized spacial score (nSPS) is 10.7. The lowest BCUT2D eigenvalue weighted by Gasteiger charge is -2.01. The van der Waals surface area contributed by atoms with Gasteiger partial charge in [0.05, 0.1) is 5.69 Å². The van der Waals surface area contributed by atoms with E-state index in [1.807, 2.05) is 0 Å². The number of hydrogen-bond acceptors (Lipinski definition) is 2. The number of nitrogens with two attached hydrogens (primary N) is 1. The van der Waals surface area contributed by atoms with Crippen LogP contribution in [0.25, 0.3) is 0 Å². The average molecular weight is 195 g/mol. The number of halogens is 3. The Balaban J connectivity index is 3.44. The third kappa shape index (κ3) is 1.40. The van der Waals surface area contributed by atoms with E-state index in [4.69, 9.17) is 17.3 Å². The molecule has 3 N–H and O–H groups in total. The van der Waals surface area contributed by atoms with E-state index >= 15 is 0 Å². The van der Waals surface area contributed by atoms with Crippen molar-refractivity contribution >= 4 is 17.3 Å². The van der Waals surface area contributed by atoms with Gasteiger partial charge in [0.1, 0.15) is 10.7 Å². The van der Waals surface area contributed by atoms with Gasteiger partial charge in [0, 0.05) is 6.20 Å². The first-order valence-corrected chi connectivity index (χ1v) is 3.36. The molecule has 1 aromatic rings. The fourth-order valence-corrected chi connectivity index (χ4v) is 0.957. The highest BCUT2D eigenvalue weighted by molar-refractivity contribution is 6.30. The van der Waals surface area contributed by atoms with Gasteiger partial charge in [0.15, 0.2) is 0 Å². The Morgan fingerprint density at radius 1 is 1.58 bits per heavy atom. The maximum absolute atomic E-state index is 12.1. The monoisotopic (exact) mass is 194 g/mol. The molecule has 1 aromatic heterocycles. The van der Waals surface area contributed by atoms with Crippen molar-refractivity contribution in [2.24, 2.45) is 0 Å². The lowest BCUT2D eigenvalue weighted by molar-refractivity contribution is 0.150. The first-order chi connectivity index (χ1) is 5.54. The van der Waals surface area contributed by atoms with Crippen LogP contribution < -0.4 is 11.2 Å². The molecule has 0 unspecified atom stereocenters. The van der Waals surface area contributed by atoms with Gasteiger partial charge in [-0.3, -0.25) is 4.79 Å². The summed E-state index contributed by atoms with van der Waals surface area (Å²) in [6.07, 6.45) is -1.83. The first-order valence-electron chi connectivity index (χ1n) is 2.98.